The Kier molecular flexibility index (Phi) is 2.89. The Balaban J connectivity index is 2.01. The third-order valence-electron chi connectivity index (χ3n) is 2.66. The lowest BCUT2D eigenvalue weighted by atomic mass is 10.2. The van der Waals surface area contributed by atoms with Crippen molar-refractivity contribution in [1.82, 2.24) is 15.0 Å². The summed E-state index contributed by atoms with van der Waals surface area (Å²) in [5.74, 6) is 0.327. The maximum Gasteiger partial charge on any atom is 0.271 e. The minimum atomic E-state index is -0.373. The zero-order chi connectivity index (χ0) is 13.2. The predicted molar refractivity (Wildman–Crippen MR) is 74.9 cm³/mol. The van der Waals surface area contributed by atoms with Gasteiger partial charge in [-0.2, -0.15) is 0 Å². The third kappa shape index (κ3) is 2.28. The van der Waals surface area contributed by atoms with E-state index in [1.54, 1.807) is 6.20 Å². The number of fused-ring (bicyclic) bond motifs is 1. The van der Waals surface area contributed by atoms with E-state index in [0.717, 1.165) is 16.6 Å². The normalized spacial score (nSPS) is 10.6. The zero-order valence-corrected chi connectivity index (χ0v) is 10.5. The van der Waals surface area contributed by atoms with E-state index < -0.39 is 0 Å². The van der Waals surface area contributed by atoms with E-state index in [1.807, 2.05) is 30.3 Å². The zero-order valence-electron chi connectivity index (χ0n) is 9.72. The van der Waals surface area contributed by atoms with Gasteiger partial charge in [-0.05, 0) is 24.3 Å². The first-order valence-electron chi connectivity index (χ1n) is 5.59. The molecule has 19 heavy (non-hydrogen) atoms. The average Bonchev–Trinajstić information content (AvgIpc) is 2.44. The van der Waals surface area contributed by atoms with Gasteiger partial charge in [0, 0.05) is 17.3 Å². The summed E-state index contributed by atoms with van der Waals surface area (Å²) in [6.07, 6.45) is 3.05. The number of benzene rings is 1. The molecule has 94 valence electrons. The molecule has 2 heterocycles. The van der Waals surface area contributed by atoms with Crippen LogP contribution in [0.25, 0.3) is 10.9 Å². The largest absolute Gasteiger partial charge is 0.339 e. The van der Waals surface area contributed by atoms with Crippen LogP contribution in [0.1, 0.15) is 0 Å². The van der Waals surface area contributed by atoms with Gasteiger partial charge >= 0.3 is 0 Å². The Morgan fingerprint density at radius 2 is 2.11 bits per heavy atom. The van der Waals surface area contributed by atoms with Crippen LogP contribution in [0, 0.1) is 0 Å². The summed E-state index contributed by atoms with van der Waals surface area (Å²) in [4.78, 5) is 22.0. The van der Waals surface area contributed by atoms with E-state index in [4.69, 9.17) is 11.6 Å². The molecule has 0 bridgehead atoms. The molecule has 0 aliphatic rings. The third-order valence-corrected chi connectivity index (χ3v) is 3.01. The number of nitrogens with one attached hydrogen (secondary N) is 2. The number of anilines is 2. The molecule has 0 aliphatic heterocycles. The SMILES string of the molecule is O=c1[nH]cnc(Nc2ccc3ncccc3c2)c1Cl. The summed E-state index contributed by atoms with van der Waals surface area (Å²) in [5, 5.41) is 4.04. The van der Waals surface area contributed by atoms with Gasteiger partial charge in [0.05, 0.1) is 11.8 Å². The Morgan fingerprint density at radius 3 is 3.00 bits per heavy atom. The fourth-order valence-electron chi connectivity index (χ4n) is 1.76. The van der Waals surface area contributed by atoms with Gasteiger partial charge in [0.2, 0.25) is 0 Å². The summed E-state index contributed by atoms with van der Waals surface area (Å²) >= 11 is 5.88. The summed E-state index contributed by atoms with van der Waals surface area (Å²) in [6, 6.07) is 9.49. The van der Waals surface area contributed by atoms with Crippen LogP contribution >= 0.6 is 11.6 Å². The molecule has 3 aromatic rings. The molecule has 6 heteroatoms. The topological polar surface area (TPSA) is 70.7 Å². The van der Waals surface area contributed by atoms with Gasteiger partial charge in [0.25, 0.3) is 5.56 Å². The standard InChI is InChI=1S/C13H9ClN4O/c14-11-12(16-7-17-13(11)19)18-9-3-4-10-8(6-9)2-1-5-15-10/h1-7H,(H2,16,17,18,19). The van der Waals surface area contributed by atoms with E-state index in [2.05, 4.69) is 20.3 Å². The van der Waals surface area contributed by atoms with E-state index >= 15 is 0 Å². The van der Waals surface area contributed by atoms with Crippen LogP contribution in [0.5, 0.6) is 0 Å². The smallest absolute Gasteiger partial charge is 0.271 e. The van der Waals surface area contributed by atoms with E-state index in [9.17, 15) is 4.79 Å². The first kappa shape index (κ1) is 11.7. The molecule has 3 rings (SSSR count). The van der Waals surface area contributed by atoms with E-state index in [1.165, 1.54) is 6.33 Å². The highest BCUT2D eigenvalue weighted by Gasteiger charge is 2.06. The van der Waals surface area contributed by atoms with Crippen LogP contribution in [0.15, 0.2) is 47.7 Å². The number of hydrogen-bond acceptors (Lipinski definition) is 4. The number of halogens is 1. The first-order chi connectivity index (χ1) is 9.24. The molecule has 2 aromatic heterocycles. The molecule has 0 atom stereocenters. The molecule has 0 radical (unpaired) electrons. The van der Waals surface area contributed by atoms with E-state index in [0.29, 0.717) is 5.82 Å². The van der Waals surface area contributed by atoms with Crippen molar-refractivity contribution in [1.29, 1.82) is 0 Å². The van der Waals surface area contributed by atoms with Crippen LogP contribution in [0.4, 0.5) is 11.5 Å². The van der Waals surface area contributed by atoms with Crippen molar-refractivity contribution in [3.8, 4) is 0 Å². The second-order valence-electron chi connectivity index (χ2n) is 3.93. The molecule has 0 aliphatic carbocycles. The summed E-state index contributed by atoms with van der Waals surface area (Å²) in [5.41, 5.74) is 1.32. The minimum Gasteiger partial charge on any atom is -0.339 e. The van der Waals surface area contributed by atoms with Crippen molar-refractivity contribution in [3.05, 3.63) is 58.2 Å². The van der Waals surface area contributed by atoms with Crippen molar-refractivity contribution in [2.75, 3.05) is 5.32 Å². The lowest BCUT2D eigenvalue weighted by molar-refractivity contribution is 1.12. The quantitative estimate of drug-likeness (QED) is 0.752. The van der Waals surface area contributed by atoms with Gasteiger partial charge in [-0.25, -0.2) is 4.98 Å². The lowest BCUT2D eigenvalue weighted by Crippen LogP contribution is -2.09. The molecule has 0 spiro atoms. The van der Waals surface area contributed by atoms with Crippen LogP contribution in [-0.2, 0) is 0 Å². The number of pyridine rings is 1. The van der Waals surface area contributed by atoms with Crippen molar-refractivity contribution in [2.24, 2.45) is 0 Å². The van der Waals surface area contributed by atoms with Gasteiger partial charge in [0.1, 0.15) is 5.02 Å². The molecule has 0 saturated heterocycles. The summed E-state index contributed by atoms with van der Waals surface area (Å²) in [7, 11) is 0. The number of nitrogens with zero attached hydrogens (tertiary/aromatic N) is 2. The highest BCUT2D eigenvalue weighted by atomic mass is 35.5. The Bertz CT molecular complexity index is 800. The van der Waals surface area contributed by atoms with E-state index in [-0.39, 0.29) is 10.6 Å². The molecule has 0 saturated carbocycles. The number of aromatic nitrogens is 3. The molecule has 0 amide bonds. The molecular weight excluding hydrogens is 264 g/mol. The first-order valence-corrected chi connectivity index (χ1v) is 5.97. The highest BCUT2D eigenvalue weighted by molar-refractivity contribution is 6.32. The Morgan fingerprint density at radius 1 is 1.21 bits per heavy atom. The van der Waals surface area contributed by atoms with Gasteiger partial charge < -0.3 is 10.3 Å². The van der Waals surface area contributed by atoms with Gasteiger partial charge in [-0.3, -0.25) is 9.78 Å². The van der Waals surface area contributed by atoms with Crippen molar-refractivity contribution in [2.45, 2.75) is 0 Å². The maximum atomic E-state index is 11.4. The number of aromatic amines is 1. The van der Waals surface area contributed by atoms with Crippen LogP contribution in [-0.4, -0.2) is 15.0 Å². The van der Waals surface area contributed by atoms with Crippen molar-refractivity contribution in [3.63, 3.8) is 0 Å². The molecule has 0 unspecified atom stereocenters. The highest BCUT2D eigenvalue weighted by Crippen LogP contribution is 2.22. The molecule has 0 fully saturated rings. The van der Waals surface area contributed by atoms with Crippen molar-refractivity contribution < 1.29 is 0 Å². The molecule has 2 N–H and O–H groups in total. The molecule has 5 nitrogen and oxygen atoms in total. The summed E-state index contributed by atoms with van der Waals surface area (Å²) < 4.78 is 0. The molecular formula is C13H9ClN4O. The number of H-pyrrole nitrogens is 1. The predicted octanol–water partition coefficient (Wildman–Crippen LogP) is 2.72. The Labute approximate surface area is 113 Å². The van der Waals surface area contributed by atoms with Gasteiger partial charge in [0.15, 0.2) is 5.82 Å². The number of hydrogen-bond donors (Lipinski definition) is 2. The van der Waals surface area contributed by atoms with Crippen molar-refractivity contribution >= 4 is 34.0 Å². The molecule has 1 aromatic carbocycles. The second kappa shape index (κ2) is 4.70. The maximum absolute atomic E-state index is 11.4. The number of rotatable bonds is 2. The summed E-state index contributed by atoms with van der Waals surface area (Å²) in [6.45, 7) is 0. The fourth-order valence-corrected chi connectivity index (χ4v) is 1.91. The van der Waals surface area contributed by atoms with Crippen LogP contribution in [0.2, 0.25) is 5.02 Å². The van der Waals surface area contributed by atoms with Gasteiger partial charge in [-0.15, -0.1) is 0 Å². The van der Waals surface area contributed by atoms with Gasteiger partial charge in [-0.1, -0.05) is 17.7 Å². The Hall–Kier alpha value is -2.40. The minimum absolute atomic E-state index is 0.0359. The van der Waals surface area contributed by atoms with Crippen LogP contribution in [0.3, 0.4) is 0 Å². The average molecular weight is 273 g/mol. The second-order valence-corrected chi connectivity index (χ2v) is 4.31. The monoisotopic (exact) mass is 272 g/mol. The lowest BCUT2D eigenvalue weighted by Gasteiger charge is -2.07. The van der Waals surface area contributed by atoms with Crippen LogP contribution < -0.4 is 10.9 Å². The fraction of sp³-hybridized carbons (Fsp3) is 0.